The highest BCUT2D eigenvalue weighted by molar-refractivity contribution is 5.86. The van der Waals surface area contributed by atoms with Gasteiger partial charge in [-0.15, -0.1) is 0 Å². The van der Waals surface area contributed by atoms with Gasteiger partial charge >= 0.3 is 0 Å². The zero-order valence-electron chi connectivity index (χ0n) is 16.4. The van der Waals surface area contributed by atoms with Crippen molar-refractivity contribution < 1.29 is 19.4 Å². The summed E-state index contributed by atoms with van der Waals surface area (Å²) in [6.07, 6.45) is -0.787. The molecule has 0 spiro atoms. The van der Waals surface area contributed by atoms with Crippen LogP contribution in [-0.2, 0) is 20.9 Å². The Bertz CT molecular complexity index is 837. The van der Waals surface area contributed by atoms with Crippen LogP contribution in [-0.4, -0.2) is 52.5 Å². The number of carbonyl (C=O) groups excluding carboxylic acids is 2. The lowest BCUT2D eigenvalue weighted by molar-refractivity contribution is -0.171. The summed E-state index contributed by atoms with van der Waals surface area (Å²) in [5.41, 5.74) is 1.69. The van der Waals surface area contributed by atoms with Gasteiger partial charge < -0.3 is 19.6 Å². The Kier molecular flexibility index (Phi) is 5.99. The molecule has 0 radical (unpaired) electrons. The molecule has 1 aliphatic heterocycles. The maximum atomic E-state index is 13.2. The second-order valence-corrected chi connectivity index (χ2v) is 7.35. The third-order valence-electron chi connectivity index (χ3n) is 4.91. The minimum absolute atomic E-state index is 0.0618. The second-order valence-electron chi connectivity index (χ2n) is 7.35. The van der Waals surface area contributed by atoms with Gasteiger partial charge in [-0.3, -0.25) is 9.59 Å². The summed E-state index contributed by atoms with van der Waals surface area (Å²) in [4.78, 5) is 29.1. The number of morpholine rings is 1. The number of nitrogens with zero attached hydrogens (tertiary/aromatic N) is 2. The Morgan fingerprint density at radius 3 is 2.57 bits per heavy atom. The fourth-order valence-electron chi connectivity index (χ4n) is 3.65. The van der Waals surface area contributed by atoms with E-state index in [4.69, 9.17) is 4.74 Å². The predicted octanol–water partition coefficient (Wildman–Crippen LogP) is 2.73. The molecule has 0 aromatic heterocycles. The molecule has 2 amide bonds. The van der Waals surface area contributed by atoms with E-state index < -0.39 is 12.1 Å². The van der Waals surface area contributed by atoms with Crippen molar-refractivity contribution in [1.82, 2.24) is 9.80 Å². The van der Waals surface area contributed by atoms with E-state index in [2.05, 4.69) is 0 Å². The number of benzene rings is 2. The molecule has 2 aromatic carbocycles. The molecule has 1 heterocycles. The van der Waals surface area contributed by atoms with Crippen molar-refractivity contribution in [3.8, 4) is 5.75 Å². The lowest BCUT2D eigenvalue weighted by Gasteiger charge is -2.43. The zero-order chi connectivity index (χ0) is 20.3. The first-order valence-electron chi connectivity index (χ1n) is 9.39. The van der Waals surface area contributed by atoms with E-state index in [1.165, 1.54) is 0 Å². The summed E-state index contributed by atoms with van der Waals surface area (Å²) in [5, 5.41) is 9.66. The number of hydrogen-bond acceptors (Lipinski definition) is 4. The molecular formula is C22H26N2O4. The van der Waals surface area contributed by atoms with Crippen molar-refractivity contribution >= 4 is 11.8 Å². The van der Waals surface area contributed by atoms with E-state index in [0.29, 0.717) is 6.54 Å². The Morgan fingerprint density at radius 1 is 1.21 bits per heavy atom. The summed E-state index contributed by atoms with van der Waals surface area (Å²) in [5.74, 6) is -0.162. The Balaban J connectivity index is 1.88. The van der Waals surface area contributed by atoms with Crippen LogP contribution in [0.3, 0.4) is 0 Å². The minimum Gasteiger partial charge on any atom is -0.508 e. The largest absolute Gasteiger partial charge is 0.508 e. The fraction of sp³-hybridized carbons (Fsp3) is 0.364. The summed E-state index contributed by atoms with van der Waals surface area (Å²) >= 11 is 0. The standard InChI is InChI=1S/C22H26N2O4/c1-15(2)24-19(26)14-28-21(20(24)17-9-5-4-6-10-17)22(27)23(3)13-16-8-7-11-18(25)12-16/h4-12,15,20-21,25H,13-14H2,1-3H3/t20-,21+/m1/s1. The van der Waals surface area contributed by atoms with Crippen LogP contribution in [0.5, 0.6) is 5.75 Å². The van der Waals surface area contributed by atoms with Crippen LogP contribution in [0.1, 0.15) is 31.0 Å². The summed E-state index contributed by atoms with van der Waals surface area (Å²) in [6, 6.07) is 15.8. The molecule has 1 N–H and O–H groups in total. The lowest BCUT2D eigenvalue weighted by atomic mass is 9.95. The molecule has 1 aliphatic rings. The molecule has 6 nitrogen and oxygen atoms in total. The number of phenolic OH excluding ortho intramolecular Hbond substituents is 1. The van der Waals surface area contributed by atoms with Crippen LogP contribution in [0.15, 0.2) is 54.6 Å². The third-order valence-corrected chi connectivity index (χ3v) is 4.91. The first-order valence-corrected chi connectivity index (χ1v) is 9.39. The zero-order valence-corrected chi connectivity index (χ0v) is 16.4. The normalized spacial score (nSPS) is 19.7. The first-order chi connectivity index (χ1) is 13.4. The van der Waals surface area contributed by atoms with Gasteiger partial charge in [-0.05, 0) is 37.1 Å². The Hall–Kier alpha value is -2.86. The smallest absolute Gasteiger partial charge is 0.254 e. The summed E-state index contributed by atoms with van der Waals surface area (Å²) in [6.45, 7) is 4.11. The minimum atomic E-state index is -0.787. The highest BCUT2D eigenvalue weighted by atomic mass is 16.5. The molecule has 2 atom stereocenters. The molecule has 1 saturated heterocycles. The quantitative estimate of drug-likeness (QED) is 0.863. The molecule has 0 bridgehead atoms. The number of carbonyl (C=O) groups is 2. The van der Waals surface area contributed by atoms with Crippen molar-refractivity contribution in [2.75, 3.05) is 13.7 Å². The van der Waals surface area contributed by atoms with Gasteiger partial charge in [-0.25, -0.2) is 0 Å². The molecule has 148 valence electrons. The Morgan fingerprint density at radius 2 is 1.93 bits per heavy atom. The number of aromatic hydroxyl groups is 1. The lowest BCUT2D eigenvalue weighted by Crippen LogP contribution is -2.56. The van der Waals surface area contributed by atoms with Crippen LogP contribution in [0.4, 0.5) is 0 Å². The molecule has 3 rings (SSSR count). The van der Waals surface area contributed by atoms with Crippen LogP contribution < -0.4 is 0 Å². The van der Waals surface area contributed by atoms with Crippen molar-refractivity contribution in [2.45, 2.75) is 38.6 Å². The van der Waals surface area contributed by atoms with Crippen LogP contribution in [0, 0.1) is 0 Å². The molecule has 6 heteroatoms. The van der Waals surface area contributed by atoms with E-state index in [0.717, 1.165) is 11.1 Å². The molecule has 28 heavy (non-hydrogen) atoms. The van der Waals surface area contributed by atoms with Crippen molar-refractivity contribution in [1.29, 1.82) is 0 Å². The summed E-state index contributed by atoms with van der Waals surface area (Å²) < 4.78 is 5.75. The number of hydrogen-bond donors (Lipinski definition) is 1. The van der Waals surface area contributed by atoms with Crippen molar-refractivity contribution in [3.63, 3.8) is 0 Å². The highest BCUT2D eigenvalue weighted by Crippen LogP contribution is 2.33. The monoisotopic (exact) mass is 382 g/mol. The van der Waals surface area contributed by atoms with Gasteiger partial charge in [0.25, 0.3) is 5.91 Å². The van der Waals surface area contributed by atoms with Gasteiger partial charge in [0.1, 0.15) is 12.4 Å². The average molecular weight is 382 g/mol. The Labute approximate surface area is 165 Å². The number of amides is 2. The number of rotatable bonds is 5. The second kappa shape index (κ2) is 8.44. The van der Waals surface area contributed by atoms with E-state index in [9.17, 15) is 14.7 Å². The number of ether oxygens (including phenoxy) is 1. The summed E-state index contributed by atoms with van der Waals surface area (Å²) in [7, 11) is 1.70. The predicted molar refractivity (Wildman–Crippen MR) is 105 cm³/mol. The van der Waals surface area contributed by atoms with E-state index in [1.807, 2.05) is 50.2 Å². The SMILES string of the molecule is CC(C)N1C(=O)CO[C@H](C(=O)N(C)Cc2cccc(O)c2)[C@H]1c1ccccc1. The van der Waals surface area contributed by atoms with Gasteiger partial charge in [-0.2, -0.15) is 0 Å². The van der Waals surface area contributed by atoms with Gasteiger partial charge in [0.05, 0.1) is 6.04 Å². The maximum absolute atomic E-state index is 13.2. The van der Waals surface area contributed by atoms with Gasteiger partial charge in [0.15, 0.2) is 6.10 Å². The molecule has 0 aliphatic carbocycles. The van der Waals surface area contributed by atoms with Crippen molar-refractivity contribution in [2.24, 2.45) is 0 Å². The van der Waals surface area contributed by atoms with Crippen LogP contribution in [0.2, 0.25) is 0 Å². The topological polar surface area (TPSA) is 70.1 Å². The number of likely N-dealkylation sites (N-methyl/N-ethyl adjacent to an activating group) is 1. The third kappa shape index (κ3) is 4.17. The van der Waals surface area contributed by atoms with Crippen LogP contribution >= 0.6 is 0 Å². The number of phenols is 1. The molecular weight excluding hydrogens is 356 g/mol. The van der Waals surface area contributed by atoms with Crippen LogP contribution in [0.25, 0.3) is 0 Å². The van der Waals surface area contributed by atoms with Crippen molar-refractivity contribution in [3.05, 3.63) is 65.7 Å². The van der Waals surface area contributed by atoms with Gasteiger partial charge in [0.2, 0.25) is 5.91 Å². The van der Waals surface area contributed by atoms with E-state index in [1.54, 1.807) is 35.0 Å². The molecule has 1 fully saturated rings. The fourth-order valence-corrected chi connectivity index (χ4v) is 3.65. The molecule has 0 unspecified atom stereocenters. The average Bonchev–Trinajstić information content (AvgIpc) is 2.67. The van der Waals surface area contributed by atoms with Gasteiger partial charge in [0, 0.05) is 19.6 Å². The van der Waals surface area contributed by atoms with E-state index in [-0.39, 0.29) is 30.2 Å². The van der Waals surface area contributed by atoms with E-state index >= 15 is 0 Å². The molecule has 0 saturated carbocycles. The highest BCUT2D eigenvalue weighted by Gasteiger charge is 2.43. The first kappa shape index (κ1) is 19.9. The molecule has 2 aromatic rings. The van der Waals surface area contributed by atoms with Gasteiger partial charge in [-0.1, -0.05) is 42.5 Å². The maximum Gasteiger partial charge on any atom is 0.254 e.